The molecule has 0 unspecified atom stereocenters. The minimum atomic E-state index is -0.436. The fourth-order valence-corrected chi connectivity index (χ4v) is 5.01. The van der Waals surface area contributed by atoms with Gasteiger partial charge in [-0.15, -0.1) is 0 Å². The molecular formula is C22H21Cl2FN4O2. The molecule has 2 fully saturated rings. The summed E-state index contributed by atoms with van der Waals surface area (Å²) in [4.78, 5) is 17.4. The van der Waals surface area contributed by atoms with Gasteiger partial charge in [-0.3, -0.25) is 14.8 Å². The number of H-pyrrole nitrogens is 1. The summed E-state index contributed by atoms with van der Waals surface area (Å²) in [5.41, 5.74) is 2.94. The van der Waals surface area contributed by atoms with E-state index < -0.39 is 5.82 Å². The summed E-state index contributed by atoms with van der Waals surface area (Å²) in [6.45, 7) is 4.94. The fraction of sp³-hybridized carbons (Fsp3) is 0.364. The van der Waals surface area contributed by atoms with E-state index >= 15 is 0 Å². The van der Waals surface area contributed by atoms with Crippen LogP contribution in [-0.4, -0.2) is 64.7 Å². The molecule has 6 nitrogen and oxygen atoms in total. The van der Waals surface area contributed by atoms with E-state index in [9.17, 15) is 9.18 Å². The van der Waals surface area contributed by atoms with Crippen LogP contribution >= 0.6 is 23.2 Å². The predicted molar refractivity (Wildman–Crippen MR) is 117 cm³/mol. The van der Waals surface area contributed by atoms with E-state index in [0.29, 0.717) is 36.8 Å². The lowest BCUT2D eigenvalue weighted by Crippen LogP contribution is -2.59. The van der Waals surface area contributed by atoms with Gasteiger partial charge in [0.05, 0.1) is 39.9 Å². The lowest BCUT2D eigenvalue weighted by molar-refractivity contribution is -0.0858. The molecule has 0 spiro atoms. The normalized spacial score (nSPS) is 22.0. The van der Waals surface area contributed by atoms with Crippen molar-refractivity contribution in [3.05, 3.63) is 63.0 Å². The second-order valence-electron chi connectivity index (χ2n) is 8.07. The Labute approximate surface area is 188 Å². The van der Waals surface area contributed by atoms with Gasteiger partial charge in [0.1, 0.15) is 5.82 Å². The number of nitrogens with one attached hydrogen (secondary N) is 1. The summed E-state index contributed by atoms with van der Waals surface area (Å²) in [6.07, 6.45) is -0.169. The Balaban J connectivity index is 1.30. The summed E-state index contributed by atoms with van der Waals surface area (Å²) in [5, 5.41) is 8.43. The van der Waals surface area contributed by atoms with Gasteiger partial charge in [-0.05, 0) is 36.8 Å². The number of nitrogens with zero attached hydrogens (tertiary/aromatic N) is 3. The quantitative estimate of drug-likeness (QED) is 0.619. The van der Waals surface area contributed by atoms with E-state index in [4.69, 9.17) is 27.9 Å². The van der Waals surface area contributed by atoms with Gasteiger partial charge in [-0.1, -0.05) is 29.3 Å². The molecule has 0 saturated carbocycles. The largest absolute Gasteiger partial charge is 0.370 e. The van der Waals surface area contributed by atoms with Gasteiger partial charge in [0.15, 0.2) is 0 Å². The Bertz CT molecular complexity index is 1170. The first-order valence-electron chi connectivity index (χ1n) is 10.2. The first-order valence-corrected chi connectivity index (χ1v) is 10.9. The van der Waals surface area contributed by atoms with E-state index in [1.54, 1.807) is 18.2 Å². The van der Waals surface area contributed by atoms with Crippen LogP contribution in [0.5, 0.6) is 0 Å². The van der Waals surface area contributed by atoms with Crippen LogP contribution in [0.15, 0.2) is 30.3 Å². The Morgan fingerprint density at radius 3 is 2.87 bits per heavy atom. The molecule has 0 aliphatic carbocycles. The van der Waals surface area contributed by atoms with Gasteiger partial charge < -0.3 is 9.64 Å². The molecule has 5 rings (SSSR count). The number of piperazine rings is 1. The molecule has 3 aromatic rings. The highest BCUT2D eigenvalue weighted by atomic mass is 35.5. The summed E-state index contributed by atoms with van der Waals surface area (Å²) < 4.78 is 19.5. The van der Waals surface area contributed by atoms with Crippen molar-refractivity contribution in [2.45, 2.75) is 19.1 Å². The van der Waals surface area contributed by atoms with Gasteiger partial charge in [0.2, 0.25) is 0 Å². The average Bonchev–Trinajstić information content (AvgIpc) is 3.16. The topological polar surface area (TPSA) is 61.5 Å². The van der Waals surface area contributed by atoms with Crippen molar-refractivity contribution >= 4 is 40.0 Å². The SMILES string of the molecule is Cc1[nH]nc2ccc(C(=O)N3CCN4C[C@@H](c5ccc(F)c(Cl)c5)OC[C@@H]4C3)c(Cl)c12. The molecular weight excluding hydrogens is 442 g/mol. The van der Waals surface area contributed by atoms with Crippen molar-refractivity contribution in [3.8, 4) is 0 Å². The van der Waals surface area contributed by atoms with E-state index in [-0.39, 0.29) is 23.1 Å². The smallest absolute Gasteiger partial charge is 0.255 e. The zero-order valence-corrected chi connectivity index (χ0v) is 18.4. The molecule has 1 N–H and O–H groups in total. The molecule has 3 heterocycles. The van der Waals surface area contributed by atoms with Crippen LogP contribution in [-0.2, 0) is 4.74 Å². The Hall–Kier alpha value is -2.19. The van der Waals surface area contributed by atoms with Crippen molar-refractivity contribution in [2.75, 3.05) is 32.8 Å². The molecule has 0 bridgehead atoms. The molecule has 1 amide bonds. The van der Waals surface area contributed by atoms with E-state index in [2.05, 4.69) is 15.1 Å². The minimum absolute atomic E-state index is 0.0837. The van der Waals surface area contributed by atoms with Crippen LogP contribution < -0.4 is 0 Å². The molecule has 2 aromatic carbocycles. The number of aromatic amines is 1. The van der Waals surface area contributed by atoms with Crippen LogP contribution in [0.4, 0.5) is 4.39 Å². The number of halogens is 3. The summed E-state index contributed by atoms with van der Waals surface area (Å²) in [7, 11) is 0. The number of hydrogen-bond acceptors (Lipinski definition) is 4. The molecule has 2 aliphatic rings. The van der Waals surface area contributed by atoms with Crippen LogP contribution in [0.2, 0.25) is 10.0 Å². The van der Waals surface area contributed by atoms with Crippen LogP contribution in [0.3, 0.4) is 0 Å². The monoisotopic (exact) mass is 462 g/mol. The molecule has 162 valence electrons. The standard InChI is InChI=1S/C22H21Cl2FN4O2/c1-12-20-18(27-26-12)5-3-15(21(20)24)22(30)29-7-6-28-10-19(31-11-14(28)9-29)13-2-4-17(25)16(23)8-13/h2-5,8,14,19H,6-7,9-11H2,1H3,(H,26,27)/t14-,19-/m0/s1. The Morgan fingerprint density at radius 2 is 2.06 bits per heavy atom. The van der Waals surface area contributed by atoms with Gasteiger partial charge in [0.25, 0.3) is 5.91 Å². The van der Waals surface area contributed by atoms with Crippen LogP contribution in [0, 0.1) is 12.7 Å². The minimum Gasteiger partial charge on any atom is -0.370 e. The second-order valence-corrected chi connectivity index (χ2v) is 8.85. The van der Waals surface area contributed by atoms with E-state index in [1.807, 2.05) is 17.9 Å². The Kier molecular flexibility index (Phi) is 5.38. The number of hydrogen-bond donors (Lipinski definition) is 1. The van der Waals surface area contributed by atoms with E-state index in [0.717, 1.165) is 28.7 Å². The fourth-order valence-electron chi connectivity index (χ4n) is 4.43. The van der Waals surface area contributed by atoms with Crippen molar-refractivity contribution in [1.82, 2.24) is 20.0 Å². The third kappa shape index (κ3) is 3.69. The highest BCUT2D eigenvalue weighted by molar-refractivity contribution is 6.38. The first-order chi connectivity index (χ1) is 14.9. The zero-order chi connectivity index (χ0) is 21.7. The number of morpholine rings is 1. The maximum Gasteiger partial charge on any atom is 0.255 e. The molecule has 0 radical (unpaired) electrons. The van der Waals surface area contributed by atoms with Crippen molar-refractivity contribution in [3.63, 3.8) is 0 Å². The Morgan fingerprint density at radius 1 is 1.23 bits per heavy atom. The molecule has 2 aliphatic heterocycles. The van der Waals surface area contributed by atoms with Crippen molar-refractivity contribution in [2.24, 2.45) is 0 Å². The van der Waals surface area contributed by atoms with Gasteiger partial charge in [-0.2, -0.15) is 5.10 Å². The summed E-state index contributed by atoms with van der Waals surface area (Å²) in [5.74, 6) is -0.520. The highest BCUT2D eigenvalue weighted by Crippen LogP contribution is 2.32. The summed E-state index contributed by atoms with van der Waals surface area (Å²) in [6, 6.07) is 8.36. The molecule has 31 heavy (non-hydrogen) atoms. The molecule has 9 heteroatoms. The maximum atomic E-state index is 13.5. The third-order valence-corrected chi connectivity index (χ3v) is 6.85. The second kappa shape index (κ2) is 8.06. The lowest BCUT2D eigenvalue weighted by atomic mass is 10.0. The number of carbonyl (C=O) groups excluding carboxylic acids is 1. The number of carbonyl (C=O) groups is 1. The number of aryl methyl sites for hydroxylation is 1. The number of ether oxygens (including phenoxy) is 1. The highest BCUT2D eigenvalue weighted by Gasteiger charge is 2.36. The van der Waals surface area contributed by atoms with Crippen molar-refractivity contribution < 1.29 is 13.9 Å². The third-order valence-electron chi connectivity index (χ3n) is 6.17. The van der Waals surface area contributed by atoms with Crippen molar-refractivity contribution in [1.29, 1.82) is 0 Å². The number of benzene rings is 2. The zero-order valence-electron chi connectivity index (χ0n) is 16.9. The predicted octanol–water partition coefficient (Wildman–Crippen LogP) is 4.22. The maximum absolute atomic E-state index is 13.5. The van der Waals surface area contributed by atoms with Crippen LogP contribution in [0.1, 0.15) is 27.7 Å². The number of aromatic nitrogens is 2. The molecule has 2 saturated heterocycles. The van der Waals surface area contributed by atoms with E-state index in [1.165, 1.54) is 6.07 Å². The molecule has 2 atom stereocenters. The van der Waals surface area contributed by atoms with Gasteiger partial charge in [-0.25, -0.2) is 4.39 Å². The summed E-state index contributed by atoms with van der Waals surface area (Å²) >= 11 is 12.5. The number of rotatable bonds is 2. The first kappa shape index (κ1) is 20.7. The van der Waals surface area contributed by atoms with Gasteiger partial charge >= 0.3 is 0 Å². The van der Waals surface area contributed by atoms with Gasteiger partial charge in [0, 0.05) is 37.3 Å². The number of fused-ring (bicyclic) bond motifs is 2. The average molecular weight is 463 g/mol. The van der Waals surface area contributed by atoms with Crippen LogP contribution in [0.25, 0.3) is 10.9 Å². The molecule has 1 aromatic heterocycles. The lowest BCUT2D eigenvalue weighted by Gasteiger charge is -2.46. The number of amides is 1.